The van der Waals surface area contributed by atoms with Gasteiger partial charge in [0.2, 0.25) is 0 Å². The first-order chi connectivity index (χ1) is 22.2. The minimum absolute atomic E-state index is 0.0411. The Kier molecular flexibility index (Phi) is 11.5. The van der Waals surface area contributed by atoms with E-state index in [4.69, 9.17) is 4.74 Å². The van der Waals surface area contributed by atoms with E-state index in [2.05, 4.69) is 50.5 Å². The van der Waals surface area contributed by atoms with E-state index in [9.17, 15) is 24.5 Å². The molecule has 0 aliphatic carbocycles. The third-order valence-electron chi connectivity index (χ3n) is 6.72. The van der Waals surface area contributed by atoms with Crippen molar-refractivity contribution in [2.24, 2.45) is 5.10 Å². The van der Waals surface area contributed by atoms with Gasteiger partial charge in [0.05, 0.1) is 16.7 Å². The average Bonchev–Trinajstić information content (AvgIpc) is 3.07. The van der Waals surface area contributed by atoms with Gasteiger partial charge in [-0.05, 0) is 80.1 Å². The van der Waals surface area contributed by atoms with Crippen LogP contribution >= 0.6 is 15.9 Å². The number of hydrogen-bond donors (Lipinski definition) is 2. The van der Waals surface area contributed by atoms with Crippen LogP contribution in [0.5, 0.6) is 5.75 Å². The summed E-state index contributed by atoms with van der Waals surface area (Å²) in [6, 6.07) is 25.9. The molecule has 0 fully saturated rings. The number of hydrogen-bond acceptors (Lipinski definition) is 8. The van der Waals surface area contributed by atoms with Crippen LogP contribution in [0, 0.1) is 10.1 Å². The number of nitro benzene ring substituents is 1. The van der Waals surface area contributed by atoms with E-state index in [1.807, 2.05) is 24.3 Å². The summed E-state index contributed by atoms with van der Waals surface area (Å²) in [5.41, 5.74) is 4.77. The molecule has 46 heavy (non-hydrogen) atoms. The van der Waals surface area contributed by atoms with Crippen LogP contribution in [-0.4, -0.2) is 42.0 Å². The molecule has 0 aliphatic rings. The lowest BCUT2D eigenvalue weighted by Crippen LogP contribution is -2.32. The Hall–Kier alpha value is -5.62. The highest BCUT2D eigenvalue weighted by molar-refractivity contribution is 9.10. The van der Waals surface area contributed by atoms with Crippen molar-refractivity contribution < 1.29 is 24.0 Å². The van der Waals surface area contributed by atoms with Crippen molar-refractivity contribution in [3.05, 3.63) is 140 Å². The summed E-state index contributed by atoms with van der Waals surface area (Å²) in [5, 5.41) is 17.6. The lowest BCUT2D eigenvalue weighted by molar-refractivity contribution is -0.384. The Labute approximate surface area is 273 Å². The number of nitro groups is 1. The topological polar surface area (TPSA) is 143 Å². The summed E-state index contributed by atoms with van der Waals surface area (Å²) < 4.78 is 6.16. The van der Waals surface area contributed by atoms with Gasteiger partial charge in [0.1, 0.15) is 11.4 Å². The first-order valence-electron chi connectivity index (χ1n) is 14.2. The number of halogens is 1. The third-order valence-corrected chi connectivity index (χ3v) is 7.21. The molecular weight excluding hydrogens is 654 g/mol. The number of ether oxygens (including phenoxy) is 1. The van der Waals surface area contributed by atoms with Crippen LogP contribution < -0.4 is 20.4 Å². The molecule has 0 unspecified atom stereocenters. The minimum Gasteiger partial charge on any atom is -0.422 e. The first kappa shape index (κ1) is 33.3. The van der Waals surface area contributed by atoms with E-state index >= 15 is 0 Å². The monoisotopic (exact) mass is 683 g/mol. The second-order valence-electron chi connectivity index (χ2n) is 9.72. The summed E-state index contributed by atoms with van der Waals surface area (Å²) in [6.07, 6.45) is 2.84. The lowest BCUT2D eigenvalue weighted by Gasteiger charge is -2.21. The maximum Gasteiger partial charge on any atom is 0.343 e. The van der Waals surface area contributed by atoms with Crippen molar-refractivity contribution in [3.63, 3.8) is 0 Å². The molecule has 12 heteroatoms. The minimum atomic E-state index is -0.739. The molecule has 0 aliphatic heterocycles. The molecule has 2 amide bonds. The molecule has 0 radical (unpaired) electrons. The predicted molar refractivity (Wildman–Crippen MR) is 180 cm³/mol. The number of nitrogens with zero attached hydrogens (tertiary/aromatic N) is 3. The summed E-state index contributed by atoms with van der Waals surface area (Å²) >= 11 is 3.37. The van der Waals surface area contributed by atoms with Gasteiger partial charge in [0, 0.05) is 46.5 Å². The zero-order valence-corrected chi connectivity index (χ0v) is 26.6. The number of amides is 2. The molecule has 0 saturated heterocycles. The van der Waals surface area contributed by atoms with E-state index < -0.39 is 22.7 Å². The van der Waals surface area contributed by atoms with Crippen molar-refractivity contribution in [2.75, 3.05) is 18.0 Å². The molecule has 2 N–H and O–H groups in total. The van der Waals surface area contributed by atoms with Crippen LogP contribution in [0.2, 0.25) is 0 Å². The normalized spacial score (nSPS) is 11.2. The lowest BCUT2D eigenvalue weighted by atomic mass is 10.1. The predicted octanol–water partition coefficient (Wildman–Crippen LogP) is 6.34. The van der Waals surface area contributed by atoms with Crippen molar-refractivity contribution in [1.82, 2.24) is 10.7 Å². The molecule has 4 aromatic carbocycles. The largest absolute Gasteiger partial charge is 0.422 e. The van der Waals surface area contributed by atoms with E-state index in [0.717, 1.165) is 18.8 Å². The molecular formula is C34H30BrN5O6. The quantitative estimate of drug-likeness (QED) is 0.0443. The Balaban J connectivity index is 1.54. The summed E-state index contributed by atoms with van der Waals surface area (Å²) in [7, 11) is 0. The molecule has 0 spiro atoms. The molecule has 0 atom stereocenters. The van der Waals surface area contributed by atoms with Gasteiger partial charge in [-0.2, -0.15) is 5.10 Å². The van der Waals surface area contributed by atoms with Gasteiger partial charge in [-0.1, -0.05) is 46.3 Å². The van der Waals surface area contributed by atoms with E-state index in [-0.39, 0.29) is 22.7 Å². The Morgan fingerprint density at radius 2 is 1.59 bits per heavy atom. The number of nitrogens with one attached hydrogen (secondary N) is 2. The first-order valence-corrected chi connectivity index (χ1v) is 15.0. The second-order valence-corrected chi connectivity index (χ2v) is 10.6. The van der Waals surface area contributed by atoms with E-state index in [0.29, 0.717) is 21.2 Å². The molecule has 11 nitrogen and oxygen atoms in total. The molecule has 234 valence electrons. The highest BCUT2D eigenvalue weighted by atomic mass is 79.9. The molecule has 0 saturated carbocycles. The number of hydrazone groups is 1. The number of esters is 1. The highest BCUT2D eigenvalue weighted by Crippen LogP contribution is 2.23. The van der Waals surface area contributed by atoms with Gasteiger partial charge in [-0.25, -0.2) is 10.2 Å². The fourth-order valence-corrected chi connectivity index (χ4v) is 4.67. The van der Waals surface area contributed by atoms with Crippen LogP contribution in [-0.2, 0) is 4.79 Å². The number of anilines is 1. The summed E-state index contributed by atoms with van der Waals surface area (Å²) in [6.45, 7) is 5.83. The molecule has 0 aromatic heterocycles. The Morgan fingerprint density at radius 3 is 2.22 bits per heavy atom. The smallest absolute Gasteiger partial charge is 0.343 e. The SMILES string of the molecule is CCN(CC)c1ccc(/C=C(/NC(=O)c2ccccc2)C(=O)N/N=C/c2cc(Br)ccc2OC(=O)c2ccc([N+](=O)[O-])cc2)cc1. The standard InChI is InChI=1S/C34H30BrN5O6/c1-3-39(4-2)28-15-10-23(11-16-28)20-30(37-32(41)24-8-6-5-7-9-24)33(42)38-36-22-26-21-27(35)14-19-31(26)46-34(43)25-12-17-29(18-13-25)40(44)45/h5-22H,3-4H2,1-2H3,(H,37,41)(H,38,42)/b30-20+,36-22+. The van der Waals surface area contributed by atoms with Crippen molar-refractivity contribution in [2.45, 2.75) is 13.8 Å². The van der Waals surface area contributed by atoms with E-state index in [1.54, 1.807) is 48.5 Å². The maximum absolute atomic E-state index is 13.3. The number of non-ortho nitro benzene ring substituents is 1. The van der Waals surface area contributed by atoms with Crippen LogP contribution in [0.4, 0.5) is 11.4 Å². The van der Waals surface area contributed by atoms with Gasteiger partial charge in [-0.15, -0.1) is 0 Å². The zero-order valence-electron chi connectivity index (χ0n) is 25.0. The molecule has 4 aromatic rings. The molecule has 4 rings (SSSR count). The zero-order chi connectivity index (χ0) is 33.1. The average molecular weight is 685 g/mol. The van der Waals surface area contributed by atoms with Gasteiger partial charge in [0.25, 0.3) is 17.5 Å². The van der Waals surface area contributed by atoms with Crippen LogP contribution in [0.15, 0.2) is 112 Å². The second kappa shape index (κ2) is 15.9. The van der Waals surface area contributed by atoms with Crippen LogP contribution in [0.25, 0.3) is 6.08 Å². The Bertz CT molecular complexity index is 1770. The number of carbonyl (C=O) groups excluding carboxylic acids is 3. The van der Waals surface area contributed by atoms with E-state index in [1.165, 1.54) is 36.5 Å². The molecule has 0 bridgehead atoms. The Morgan fingerprint density at radius 1 is 0.913 bits per heavy atom. The van der Waals surface area contributed by atoms with Crippen molar-refractivity contribution in [3.8, 4) is 5.75 Å². The number of benzene rings is 4. The maximum atomic E-state index is 13.3. The summed E-state index contributed by atoms with van der Waals surface area (Å²) in [4.78, 5) is 51.5. The fourth-order valence-electron chi connectivity index (χ4n) is 4.29. The number of rotatable bonds is 12. The van der Waals surface area contributed by atoms with Gasteiger partial charge in [0.15, 0.2) is 0 Å². The van der Waals surface area contributed by atoms with Gasteiger partial charge < -0.3 is 15.0 Å². The van der Waals surface area contributed by atoms with Gasteiger partial charge >= 0.3 is 5.97 Å². The van der Waals surface area contributed by atoms with Crippen molar-refractivity contribution >= 4 is 57.4 Å². The van der Waals surface area contributed by atoms with Crippen LogP contribution in [0.3, 0.4) is 0 Å². The number of carbonyl (C=O) groups is 3. The van der Waals surface area contributed by atoms with Gasteiger partial charge in [-0.3, -0.25) is 19.7 Å². The van der Waals surface area contributed by atoms with Crippen LogP contribution in [0.1, 0.15) is 45.7 Å². The molecule has 0 heterocycles. The summed E-state index contributed by atoms with van der Waals surface area (Å²) in [5.74, 6) is -1.77. The highest BCUT2D eigenvalue weighted by Gasteiger charge is 2.16. The van der Waals surface area contributed by atoms with Crippen molar-refractivity contribution in [1.29, 1.82) is 0 Å². The fraction of sp³-hybridized carbons (Fsp3) is 0.118. The third kappa shape index (κ3) is 8.96.